The number of benzene rings is 1. The molecule has 48 heavy (non-hydrogen) atoms. The summed E-state index contributed by atoms with van der Waals surface area (Å²) < 4.78 is 0. The van der Waals surface area contributed by atoms with Gasteiger partial charge in [0.25, 0.3) is 0 Å². The first-order valence-electron chi connectivity index (χ1n) is 19.8. The number of anilines is 2. The maximum absolute atomic E-state index is 11.6. The predicted molar refractivity (Wildman–Crippen MR) is 212 cm³/mol. The number of hydrogen-bond donors (Lipinski definition) is 4. The van der Waals surface area contributed by atoms with E-state index in [1.807, 2.05) is 52.8 Å². The topological polar surface area (TPSA) is 98.3 Å². The Bertz CT molecular complexity index is 1240. The minimum Gasteiger partial charge on any atom is -0.403 e. The third-order valence-corrected chi connectivity index (χ3v) is 13.1. The molecule has 2 bridgehead atoms. The number of aliphatic hydroxyl groups is 1. The highest BCUT2D eigenvalue weighted by Crippen LogP contribution is 2.70. The Morgan fingerprint density at radius 1 is 0.979 bits per heavy atom. The Morgan fingerprint density at radius 3 is 2.21 bits per heavy atom. The maximum atomic E-state index is 11.6. The first-order chi connectivity index (χ1) is 22.7. The highest BCUT2D eigenvalue weighted by Gasteiger charge is 2.62. The minimum atomic E-state index is -0.332. The average molecular weight is 664 g/mol. The lowest BCUT2D eigenvalue weighted by molar-refractivity contribution is -0.0367. The highest BCUT2D eigenvalue weighted by atomic mass is 16.3. The summed E-state index contributed by atoms with van der Waals surface area (Å²) in [7, 11) is 0. The Kier molecular flexibility index (Phi) is 15.9. The van der Waals surface area contributed by atoms with Crippen molar-refractivity contribution in [3.05, 3.63) is 58.8 Å². The van der Waals surface area contributed by atoms with Crippen molar-refractivity contribution in [2.45, 2.75) is 160 Å². The molecule has 7 N–H and O–H groups in total. The van der Waals surface area contributed by atoms with Gasteiger partial charge in [-0.2, -0.15) is 0 Å². The van der Waals surface area contributed by atoms with Crippen LogP contribution in [-0.2, 0) is 6.42 Å². The second-order valence-electron chi connectivity index (χ2n) is 16.1. The summed E-state index contributed by atoms with van der Waals surface area (Å²) >= 11 is 0. The molecular weight excluding hydrogens is 587 g/mol. The van der Waals surface area contributed by atoms with Gasteiger partial charge in [0.1, 0.15) is 0 Å². The van der Waals surface area contributed by atoms with Crippen molar-refractivity contribution in [1.82, 2.24) is 0 Å². The van der Waals surface area contributed by atoms with Gasteiger partial charge in [-0.25, -0.2) is 0 Å². The van der Waals surface area contributed by atoms with Crippen molar-refractivity contribution >= 4 is 11.4 Å². The Labute approximate surface area is 297 Å². The van der Waals surface area contributed by atoms with Crippen LogP contribution in [-0.4, -0.2) is 11.2 Å². The first-order valence-corrected chi connectivity index (χ1v) is 19.8. The number of nitrogens with two attached hydrogens (primary N) is 3. The summed E-state index contributed by atoms with van der Waals surface area (Å²) in [5, 5.41) is 11.6. The Hall–Kier alpha value is -2.20. The van der Waals surface area contributed by atoms with Crippen LogP contribution in [0.2, 0.25) is 0 Å². The molecule has 3 fully saturated rings. The molecule has 1 aromatic rings. The van der Waals surface area contributed by atoms with E-state index in [9.17, 15) is 5.11 Å². The Morgan fingerprint density at radius 2 is 1.65 bits per heavy atom. The summed E-state index contributed by atoms with van der Waals surface area (Å²) in [6.07, 6.45) is 19.7. The molecule has 0 aromatic heterocycles. The molecular formula is C44H77N3O. The first kappa shape index (κ1) is 42.0. The zero-order valence-corrected chi connectivity index (χ0v) is 33.4. The maximum Gasteiger partial charge on any atom is 0.0634 e. The fourth-order valence-electron chi connectivity index (χ4n) is 10.7. The predicted octanol–water partition coefficient (Wildman–Crippen LogP) is 11.6. The second-order valence-corrected chi connectivity index (χ2v) is 16.1. The summed E-state index contributed by atoms with van der Waals surface area (Å²) in [6, 6.07) is 5.92. The molecule has 274 valence electrons. The van der Waals surface area contributed by atoms with Crippen molar-refractivity contribution in [2.75, 3.05) is 11.5 Å². The summed E-state index contributed by atoms with van der Waals surface area (Å²) in [4.78, 5) is 0. The normalized spacial score (nSPS) is 34.1. The van der Waals surface area contributed by atoms with Crippen molar-refractivity contribution in [3.8, 4) is 0 Å². The SMILES string of the molecule is CC.CC.CC(C)=CCCC(C)C1CCC2C3CC=C4C(C)(Cc5ccc(N)cc5N)C(O)CCC4(CCC12C)C3C.CC/C=C(\C)N. The van der Waals surface area contributed by atoms with E-state index in [-0.39, 0.29) is 16.9 Å². The van der Waals surface area contributed by atoms with Crippen molar-refractivity contribution in [3.63, 3.8) is 0 Å². The van der Waals surface area contributed by atoms with E-state index in [4.69, 9.17) is 17.2 Å². The van der Waals surface area contributed by atoms with Crippen LogP contribution in [0.3, 0.4) is 0 Å². The van der Waals surface area contributed by atoms with Gasteiger partial charge in [0, 0.05) is 22.5 Å². The molecule has 0 saturated heterocycles. The molecule has 3 saturated carbocycles. The zero-order valence-electron chi connectivity index (χ0n) is 33.4. The van der Waals surface area contributed by atoms with Crippen molar-refractivity contribution < 1.29 is 5.11 Å². The van der Waals surface area contributed by atoms with Crippen molar-refractivity contribution in [2.24, 2.45) is 51.6 Å². The molecule has 4 aliphatic rings. The van der Waals surface area contributed by atoms with Gasteiger partial charge in [-0.1, -0.05) is 97.8 Å². The monoisotopic (exact) mass is 664 g/mol. The zero-order chi connectivity index (χ0) is 36.4. The van der Waals surface area contributed by atoms with Crippen molar-refractivity contribution in [1.29, 1.82) is 0 Å². The summed E-state index contributed by atoms with van der Waals surface area (Å²) in [6.45, 7) is 26.6. The van der Waals surface area contributed by atoms with Gasteiger partial charge >= 0.3 is 0 Å². The van der Waals surface area contributed by atoms with Gasteiger partial charge in [-0.05, 0) is 150 Å². The summed E-state index contributed by atoms with van der Waals surface area (Å²) in [5.74, 6) is 3.88. The van der Waals surface area contributed by atoms with E-state index >= 15 is 0 Å². The van der Waals surface area contributed by atoms with Gasteiger partial charge < -0.3 is 22.3 Å². The number of hydrogen-bond acceptors (Lipinski definition) is 4. The van der Waals surface area contributed by atoms with E-state index in [0.717, 1.165) is 66.3 Å². The molecule has 0 radical (unpaired) electrons. The minimum absolute atomic E-state index is 0.211. The van der Waals surface area contributed by atoms with Crippen LogP contribution < -0.4 is 17.2 Å². The van der Waals surface area contributed by atoms with Crippen LogP contribution in [0.5, 0.6) is 0 Å². The van der Waals surface area contributed by atoms with Crippen LogP contribution in [0.15, 0.2) is 53.3 Å². The van der Waals surface area contributed by atoms with E-state index in [1.54, 1.807) is 5.57 Å². The number of aliphatic hydroxyl groups excluding tert-OH is 1. The van der Waals surface area contributed by atoms with Gasteiger partial charge in [0.15, 0.2) is 0 Å². The fraction of sp³-hybridized carbons (Fsp3) is 0.727. The molecule has 0 heterocycles. The van der Waals surface area contributed by atoms with E-state index in [1.165, 1.54) is 50.5 Å². The van der Waals surface area contributed by atoms with E-state index in [2.05, 4.69) is 66.7 Å². The van der Waals surface area contributed by atoms with Gasteiger partial charge in [0.05, 0.1) is 6.10 Å². The fourth-order valence-corrected chi connectivity index (χ4v) is 10.7. The van der Waals surface area contributed by atoms with Crippen LogP contribution in [0.25, 0.3) is 0 Å². The quantitative estimate of drug-likeness (QED) is 0.172. The molecule has 4 heteroatoms. The van der Waals surface area contributed by atoms with E-state index < -0.39 is 0 Å². The molecule has 1 spiro atoms. The summed E-state index contributed by atoms with van der Waals surface area (Å²) in [5.41, 5.74) is 24.6. The lowest BCUT2D eigenvalue weighted by Gasteiger charge is -2.58. The third kappa shape index (κ3) is 8.74. The molecule has 0 amide bonds. The standard InChI is InChI=1S/C35H54N2O.C5H11N.2C2H6/c1-22(2)8-7-9-23(3)28-13-14-29-27-12-15-31-34(6,21-25-10-11-26(36)20-30(25)37)32(38)16-17-35(31,24(27)4)19-18-33(28,29)5;1-3-4-5(2)6;2*1-2/h8,10-11,15,20,23-24,27-29,32,38H,7,9,12-14,16-19,21,36-37H2,1-6H3;4H,3,6H2,1-2H3;2*1-2H3/b;5-4+;;. The molecule has 4 aliphatic carbocycles. The smallest absolute Gasteiger partial charge is 0.0634 e. The molecule has 9 atom stereocenters. The molecule has 4 nitrogen and oxygen atoms in total. The number of rotatable bonds is 7. The van der Waals surface area contributed by atoms with Gasteiger partial charge in [0.2, 0.25) is 0 Å². The molecule has 5 rings (SSSR count). The average Bonchev–Trinajstić information content (AvgIpc) is 3.37. The van der Waals surface area contributed by atoms with E-state index in [0.29, 0.717) is 17.0 Å². The van der Waals surface area contributed by atoms with Crippen LogP contribution in [0.4, 0.5) is 11.4 Å². The van der Waals surface area contributed by atoms with Crippen LogP contribution in [0, 0.1) is 45.8 Å². The second kappa shape index (κ2) is 18.2. The van der Waals surface area contributed by atoms with Crippen LogP contribution >= 0.6 is 0 Å². The number of allylic oxidation sites excluding steroid dienone is 5. The van der Waals surface area contributed by atoms with Gasteiger partial charge in [-0.15, -0.1) is 0 Å². The molecule has 9 unspecified atom stereocenters. The molecule has 0 aliphatic heterocycles. The Balaban J connectivity index is 0.000000713. The third-order valence-electron chi connectivity index (χ3n) is 13.1. The molecule has 1 aromatic carbocycles. The van der Waals surface area contributed by atoms with Gasteiger partial charge in [-0.3, -0.25) is 0 Å². The number of nitrogen functional groups attached to an aromatic ring is 2. The lowest BCUT2D eigenvalue weighted by Crippen LogP contribution is -2.53. The lowest BCUT2D eigenvalue weighted by atomic mass is 9.47. The highest BCUT2D eigenvalue weighted by molar-refractivity contribution is 5.57. The number of fused-ring (bicyclic) bond motifs is 3. The largest absolute Gasteiger partial charge is 0.403 e. The van der Waals surface area contributed by atoms with Crippen LogP contribution in [0.1, 0.15) is 153 Å².